The number of hydrogen-bond acceptors (Lipinski definition) is 2. The predicted molar refractivity (Wildman–Crippen MR) is 88.2 cm³/mol. The maximum atomic E-state index is 6.27. The van der Waals surface area contributed by atoms with Crippen molar-refractivity contribution >= 4 is 22.4 Å². The smallest absolute Gasteiger partial charge is 0.135 e. The molecule has 0 bridgehead atoms. The molecule has 2 nitrogen and oxygen atoms in total. The van der Waals surface area contributed by atoms with E-state index in [9.17, 15) is 0 Å². The van der Waals surface area contributed by atoms with E-state index in [-0.39, 0.29) is 0 Å². The molecule has 0 radical (unpaired) electrons. The number of ether oxygens (including phenoxy) is 1. The van der Waals surface area contributed by atoms with Crippen LogP contribution in [-0.2, 0) is 6.54 Å². The highest BCUT2D eigenvalue weighted by molar-refractivity contribution is 6.31. The molecule has 21 heavy (non-hydrogen) atoms. The van der Waals surface area contributed by atoms with Crippen LogP contribution in [0.1, 0.15) is 5.56 Å². The summed E-state index contributed by atoms with van der Waals surface area (Å²) in [6.45, 7) is 0.743. The van der Waals surface area contributed by atoms with Crippen molar-refractivity contribution in [2.45, 2.75) is 6.54 Å². The minimum atomic E-state index is 0.710. The molecule has 106 valence electrons. The Morgan fingerprint density at radius 2 is 1.81 bits per heavy atom. The average molecular weight is 298 g/mol. The summed E-state index contributed by atoms with van der Waals surface area (Å²) in [5, 5.41) is 6.06. The van der Waals surface area contributed by atoms with E-state index in [1.165, 1.54) is 0 Å². The zero-order valence-corrected chi connectivity index (χ0v) is 12.5. The lowest BCUT2D eigenvalue weighted by molar-refractivity contribution is 0.488. The van der Waals surface area contributed by atoms with Crippen LogP contribution in [0.2, 0.25) is 5.02 Å². The van der Waals surface area contributed by atoms with Gasteiger partial charge in [0.1, 0.15) is 11.5 Å². The molecule has 0 aliphatic carbocycles. The van der Waals surface area contributed by atoms with Crippen LogP contribution in [0, 0.1) is 0 Å². The van der Waals surface area contributed by atoms with E-state index in [1.807, 2.05) is 49.5 Å². The molecular weight excluding hydrogens is 282 g/mol. The van der Waals surface area contributed by atoms with Gasteiger partial charge >= 0.3 is 0 Å². The van der Waals surface area contributed by atoms with Crippen molar-refractivity contribution in [3.05, 3.63) is 71.2 Å². The molecule has 0 spiro atoms. The zero-order chi connectivity index (χ0) is 14.7. The lowest BCUT2D eigenvalue weighted by Crippen LogP contribution is -2.05. The third-order valence-corrected chi connectivity index (χ3v) is 3.72. The van der Waals surface area contributed by atoms with Gasteiger partial charge in [-0.3, -0.25) is 0 Å². The summed E-state index contributed by atoms with van der Waals surface area (Å²) < 4.78 is 6.00. The van der Waals surface area contributed by atoms with Crippen molar-refractivity contribution in [2.75, 3.05) is 7.05 Å². The average Bonchev–Trinajstić information content (AvgIpc) is 2.51. The van der Waals surface area contributed by atoms with Crippen LogP contribution >= 0.6 is 11.6 Å². The number of benzene rings is 3. The molecule has 0 fully saturated rings. The van der Waals surface area contributed by atoms with Gasteiger partial charge in [-0.05, 0) is 36.2 Å². The van der Waals surface area contributed by atoms with Gasteiger partial charge in [-0.25, -0.2) is 0 Å². The van der Waals surface area contributed by atoms with Crippen molar-refractivity contribution in [3.8, 4) is 11.5 Å². The largest absolute Gasteiger partial charge is 0.457 e. The second-order valence-electron chi connectivity index (χ2n) is 4.86. The van der Waals surface area contributed by atoms with Crippen molar-refractivity contribution in [3.63, 3.8) is 0 Å². The highest BCUT2D eigenvalue weighted by atomic mass is 35.5. The molecule has 0 saturated carbocycles. The van der Waals surface area contributed by atoms with E-state index in [4.69, 9.17) is 16.3 Å². The second-order valence-corrected chi connectivity index (χ2v) is 5.27. The number of rotatable bonds is 4. The fourth-order valence-electron chi connectivity index (χ4n) is 2.34. The molecule has 0 heterocycles. The van der Waals surface area contributed by atoms with Gasteiger partial charge in [-0.15, -0.1) is 0 Å². The second kappa shape index (κ2) is 6.17. The molecule has 0 amide bonds. The molecule has 3 heteroatoms. The molecule has 0 aliphatic heterocycles. The van der Waals surface area contributed by atoms with Crippen LogP contribution in [-0.4, -0.2) is 7.05 Å². The quantitative estimate of drug-likeness (QED) is 0.731. The molecule has 3 aromatic rings. The van der Waals surface area contributed by atoms with E-state index in [0.29, 0.717) is 5.02 Å². The van der Waals surface area contributed by atoms with Crippen LogP contribution in [0.3, 0.4) is 0 Å². The molecule has 0 aliphatic rings. The third kappa shape index (κ3) is 3.02. The van der Waals surface area contributed by atoms with Gasteiger partial charge in [0.05, 0.1) is 0 Å². The molecule has 0 aromatic heterocycles. The van der Waals surface area contributed by atoms with E-state index in [1.54, 1.807) is 0 Å². The van der Waals surface area contributed by atoms with Crippen LogP contribution in [0.15, 0.2) is 60.7 Å². The standard InChI is InChI=1S/C18H16ClNO/c1-20-12-14-9-10-15(11-17(14)19)21-18-8-4-6-13-5-2-3-7-16(13)18/h2-11,20H,12H2,1H3. The first-order valence-corrected chi connectivity index (χ1v) is 7.24. The molecular formula is C18H16ClNO. The number of halogens is 1. The molecule has 0 atom stereocenters. The Morgan fingerprint density at radius 3 is 2.62 bits per heavy atom. The summed E-state index contributed by atoms with van der Waals surface area (Å²) in [6, 6.07) is 20.0. The first-order chi connectivity index (χ1) is 10.3. The molecule has 0 saturated heterocycles. The van der Waals surface area contributed by atoms with Gasteiger partial charge in [-0.2, -0.15) is 0 Å². The van der Waals surface area contributed by atoms with E-state index < -0.39 is 0 Å². The van der Waals surface area contributed by atoms with Gasteiger partial charge in [0.25, 0.3) is 0 Å². The Labute approximate surface area is 129 Å². The fourth-order valence-corrected chi connectivity index (χ4v) is 2.57. The summed E-state index contributed by atoms with van der Waals surface area (Å²) in [7, 11) is 1.90. The minimum Gasteiger partial charge on any atom is -0.457 e. The highest BCUT2D eigenvalue weighted by Crippen LogP contribution is 2.31. The van der Waals surface area contributed by atoms with Gasteiger partial charge in [0, 0.05) is 17.0 Å². The van der Waals surface area contributed by atoms with Crippen molar-refractivity contribution < 1.29 is 4.74 Å². The van der Waals surface area contributed by atoms with Gasteiger partial charge in [0.2, 0.25) is 0 Å². The summed E-state index contributed by atoms with van der Waals surface area (Å²) in [6.07, 6.45) is 0. The predicted octanol–water partition coefficient (Wildman–Crippen LogP) is 5.00. The first-order valence-electron chi connectivity index (χ1n) is 6.86. The molecule has 0 unspecified atom stereocenters. The number of hydrogen-bond donors (Lipinski definition) is 1. The summed E-state index contributed by atoms with van der Waals surface area (Å²) in [4.78, 5) is 0. The van der Waals surface area contributed by atoms with Gasteiger partial charge < -0.3 is 10.1 Å². The summed E-state index contributed by atoms with van der Waals surface area (Å²) in [5.74, 6) is 1.58. The van der Waals surface area contributed by atoms with Gasteiger partial charge in [0.15, 0.2) is 0 Å². The van der Waals surface area contributed by atoms with Crippen LogP contribution in [0.25, 0.3) is 10.8 Å². The van der Waals surface area contributed by atoms with Crippen molar-refractivity contribution in [2.24, 2.45) is 0 Å². The summed E-state index contributed by atoms with van der Waals surface area (Å²) in [5.41, 5.74) is 1.06. The Bertz CT molecular complexity index is 765. The normalized spacial score (nSPS) is 10.8. The first kappa shape index (κ1) is 13.9. The topological polar surface area (TPSA) is 21.3 Å². The maximum Gasteiger partial charge on any atom is 0.135 e. The number of fused-ring (bicyclic) bond motifs is 1. The third-order valence-electron chi connectivity index (χ3n) is 3.37. The Morgan fingerprint density at radius 1 is 1.00 bits per heavy atom. The highest BCUT2D eigenvalue weighted by Gasteiger charge is 2.05. The lowest BCUT2D eigenvalue weighted by Gasteiger charge is -2.11. The lowest BCUT2D eigenvalue weighted by atomic mass is 10.1. The summed E-state index contributed by atoms with van der Waals surface area (Å²) >= 11 is 6.27. The maximum absolute atomic E-state index is 6.27. The SMILES string of the molecule is CNCc1ccc(Oc2cccc3ccccc23)cc1Cl. The zero-order valence-electron chi connectivity index (χ0n) is 11.8. The Hall–Kier alpha value is -2.03. The molecule has 1 N–H and O–H groups in total. The van der Waals surface area contributed by atoms with E-state index in [2.05, 4.69) is 23.5 Å². The number of nitrogens with one attached hydrogen (secondary N) is 1. The molecule has 3 rings (SSSR count). The molecule has 3 aromatic carbocycles. The van der Waals surface area contributed by atoms with Crippen LogP contribution in [0.4, 0.5) is 0 Å². The minimum absolute atomic E-state index is 0.710. The monoisotopic (exact) mass is 297 g/mol. The van der Waals surface area contributed by atoms with E-state index in [0.717, 1.165) is 34.4 Å². The Kier molecular flexibility index (Phi) is 4.09. The van der Waals surface area contributed by atoms with Gasteiger partial charge in [-0.1, -0.05) is 54.1 Å². The van der Waals surface area contributed by atoms with Crippen LogP contribution in [0.5, 0.6) is 11.5 Å². The van der Waals surface area contributed by atoms with Crippen molar-refractivity contribution in [1.82, 2.24) is 5.32 Å². The van der Waals surface area contributed by atoms with Crippen LogP contribution < -0.4 is 10.1 Å². The Balaban J connectivity index is 1.93. The van der Waals surface area contributed by atoms with E-state index >= 15 is 0 Å². The fraction of sp³-hybridized carbons (Fsp3) is 0.111. The van der Waals surface area contributed by atoms with Crippen molar-refractivity contribution in [1.29, 1.82) is 0 Å².